The number of aromatic nitrogens is 2. The van der Waals surface area contributed by atoms with E-state index < -0.39 is 0 Å². The SMILES string of the molecule is CN(c1ccc(C2CCOCC2)nn1)C1CCNC1. The number of rotatable bonds is 3. The van der Waals surface area contributed by atoms with Crippen LogP contribution in [0, 0.1) is 0 Å². The fourth-order valence-electron chi connectivity index (χ4n) is 2.89. The second-order valence-electron chi connectivity index (χ2n) is 5.46. The zero-order valence-electron chi connectivity index (χ0n) is 11.5. The van der Waals surface area contributed by atoms with Gasteiger partial charge in [0.1, 0.15) is 0 Å². The predicted molar refractivity (Wildman–Crippen MR) is 74.5 cm³/mol. The van der Waals surface area contributed by atoms with Gasteiger partial charge in [0.15, 0.2) is 5.82 Å². The molecule has 104 valence electrons. The summed E-state index contributed by atoms with van der Waals surface area (Å²) in [5.41, 5.74) is 1.12. The van der Waals surface area contributed by atoms with Crippen LogP contribution in [0.3, 0.4) is 0 Å². The van der Waals surface area contributed by atoms with Crippen LogP contribution >= 0.6 is 0 Å². The molecule has 1 unspecified atom stereocenters. The molecule has 5 nitrogen and oxygen atoms in total. The van der Waals surface area contributed by atoms with Crippen LogP contribution in [-0.2, 0) is 4.74 Å². The maximum atomic E-state index is 5.39. The van der Waals surface area contributed by atoms with Gasteiger partial charge in [-0.05, 0) is 37.9 Å². The lowest BCUT2D eigenvalue weighted by atomic mass is 9.96. The highest BCUT2D eigenvalue weighted by atomic mass is 16.5. The van der Waals surface area contributed by atoms with E-state index in [-0.39, 0.29) is 0 Å². The molecule has 19 heavy (non-hydrogen) atoms. The highest BCUT2D eigenvalue weighted by Gasteiger charge is 2.22. The molecular weight excluding hydrogens is 240 g/mol. The van der Waals surface area contributed by atoms with Crippen molar-refractivity contribution < 1.29 is 4.74 Å². The van der Waals surface area contributed by atoms with Crippen molar-refractivity contribution in [3.05, 3.63) is 17.8 Å². The van der Waals surface area contributed by atoms with Crippen LogP contribution in [-0.4, -0.2) is 49.6 Å². The maximum Gasteiger partial charge on any atom is 0.151 e. The van der Waals surface area contributed by atoms with Crippen LogP contribution in [0.5, 0.6) is 0 Å². The van der Waals surface area contributed by atoms with Crippen molar-refractivity contribution in [2.24, 2.45) is 0 Å². The molecule has 3 heterocycles. The molecule has 2 fully saturated rings. The second-order valence-corrected chi connectivity index (χ2v) is 5.46. The fraction of sp³-hybridized carbons (Fsp3) is 0.714. The normalized spacial score (nSPS) is 24.6. The fourth-order valence-corrected chi connectivity index (χ4v) is 2.89. The topological polar surface area (TPSA) is 50.3 Å². The third-order valence-electron chi connectivity index (χ3n) is 4.25. The summed E-state index contributed by atoms with van der Waals surface area (Å²) < 4.78 is 5.39. The van der Waals surface area contributed by atoms with Crippen LogP contribution in [0.2, 0.25) is 0 Å². The zero-order valence-corrected chi connectivity index (χ0v) is 11.5. The van der Waals surface area contributed by atoms with Gasteiger partial charge in [0.25, 0.3) is 0 Å². The summed E-state index contributed by atoms with van der Waals surface area (Å²) in [6, 6.07) is 4.79. The number of hydrogen-bond acceptors (Lipinski definition) is 5. The van der Waals surface area contributed by atoms with Gasteiger partial charge in [-0.15, -0.1) is 5.10 Å². The number of anilines is 1. The third kappa shape index (κ3) is 2.87. The molecule has 0 aromatic carbocycles. The monoisotopic (exact) mass is 262 g/mol. The summed E-state index contributed by atoms with van der Waals surface area (Å²) in [4.78, 5) is 2.24. The Hall–Kier alpha value is -1.20. The number of hydrogen-bond donors (Lipinski definition) is 1. The van der Waals surface area contributed by atoms with E-state index in [1.165, 1.54) is 6.42 Å². The standard InChI is InChI=1S/C14H22N4O/c1-18(12-4-7-15-10-12)14-3-2-13(16-17-14)11-5-8-19-9-6-11/h2-3,11-12,15H,4-10H2,1H3. The van der Waals surface area contributed by atoms with E-state index in [9.17, 15) is 0 Å². The molecule has 1 atom stereocenters. The van der Waals surface area contributed by atoms with E-state index in [1.54, 1.807) is 0 Å². The second kappa shape index (κ2) is 5.84. The lowest BCUT2D eigenvalue weighted by molar-refractivity contribution is 0.0843. The van der Waals surface area contributed by atoms with E-state index in [2.05, 4.69) is 39.6 Å². The molecule has 2 saturated heterocycles. The van der Waals surface area contributed by atoms with Crippen LogP contribution in [0.25, 0.3) is 0 Å². The van der Waals surface area contributed by atoms with Gasteiger partial charge in [-0.3, -0.25) is 0 Å². The number of likely N-dealkylation sites (N-methyl/N-ethyl adjacent to an activating group) is 1. The minimum atomic E-state index is 0.522. The van der Waals surface area contributed by atoms with Crippen molar-refractivity contribution in [2.75, 3.05) is 38.3 Å². The van der Waals surface area contributed by atoms with Gasteiger partial charge in [-0.25, -0.2) is 0 Å². The minimum absolute atomic E-state index is 0.522. The summed E-state index contributed by atoms with van der Waals surface area (Å²) in [6.07, 6.45) is 3.31. The molecule has 0 bridgehead atoms. The van der Waals surface area contributed by atoms with Crippen molar-refractivity contribution in [1.82, 2.24) is 15.5 Å². The average Bonchev–Trinajstić information content (AvgIpc) is 3.02. The van der Waals surface area contributed by atoms with Crippen molar-refractivity contribution in [3.8, 4) is 0 Å². The lowest BCUT2D eigenvalue weighted by Crippen LogP contribution is -2.34. The predicted octanol–water partition coefficient (Wildman–Crippen LogP) is 1.17. The highest BCUT2D eigenvalue weighted by Crippen LogP contribution is 2.25. The number of nitrogens with one attached hydrogen (secondary N) is 1. The van der Waals surface area contributed by atoms with Crippen LogP contribution < -0.4 is 10.2 Å². The molecule has 0 spiro atoms. The van der Waals surface area contributed by atoms with E-state index in [1.807, 2.05) is 0 Å². The van der Waals surface area contributed by atoms with Gasteiger partial charge in [0, 0.05) is 38.8 Å². The first-order valence-corrected chi connectivity index (χ1v) is 7.19. The maximum absolute atomic E-state index is 5.39. The smallest absolute Gasteiger partial charge is 0.151 e. The molecular formula is C14H22N4O. The minimum Gasteiger partial charge on any atom is -0.381 e. The van der Waals surface area contributed by atoms with Crippen LogP contribution in [0.1, 0.15) is 30.9 Å². The quantitative estimate of drug-likeness (QED) is 0.886. The lowest BCUT2D eigenvalue weighted by Gasteiger charge is -2.25. The molecule has 0 radical (unpaired) electrons. The number of nitrogens with zero attached hydrogens (tertiary/aromatic N) is 3. The van der Waals surface area contributed by atoms with Gasteiger partial charge >= 0.3 is 0 Å². The Balaban J connectivity index is 1.67. The first-order valence-electron chi connectivity index (χ1n) is 7.19. The average molecular weight is 262 g/mol. The molecule has 1 aromatic heterocycles. The Morgan fingerprint density at radius 1 is 1.21 bits per heavy atom. The van der Waals surface area contributed by atoms with Gasteiger partial charge < -0.3 is 15.0 Å². The van der Waals surface area contributed by atoms with Gasteiger partial charge in [0.05, 0.1) is 5.69 Å². The van der Waals surface area contributed by atoms with Gasteiger partial charge in [-0.2, -0.15) is 5.10 Å². The summed E-state index contributed by atoms with van der Waals surface area (Å²) in [6.45, 7) is 3.84. The first kappa shape index (κ1) is 12.8. The Kier molecular flexibility index (Phi) is 3.94. The third-order valence-corrected chi connectivity index (χ3v) is 4.25. The Morgan fingerprint density at radius 3 is 2.68 bits per heavy atom. The summed E-state index contributed by atoms with van der Waals surface area (Å²) >= 11 is 0. The van der Waals surface area contributed by atoms with E-state index >= 15 is 0 Å². The van der Waals surface area contributed by atoms with Crippen molar-refractivity contribution in [3.63, 3.8) is 0 Å². The van der Waals surface area contributed by atoms with Crippen LogP contribution in [0.15, 0.2) is 12.1 Å². The molecule has 1 aromatic rings. The van der Waals surface area contributed by atoms with Crippen molar-refractivity contribution in [1.29, 1.82) is 0 Å². The molecule has 5 heteroatoms. The van der Waals surface area contributed by atoms with E-state index in [0.717, 1.165) is 50.7 Å². The molecule has 1 N–H and O–H groups in total. The molecule has 2 aliphatic rings. The summed E-state index contributed by atoms with van der Waals surface area (Å²) in [5, 5.41) is 12.2. The highest BCUT2D eigenvalue weighted by molar-refractivity contribution is 5.38. The van der Waals surface area contributed by atoms with Crippen molar-refractivity contribution in [2.45, 2.75) is 31.2 Å². The largest absolute Gasteiger partial charge is 0.381 e. The molecule has 0 aliphatic carbocycles. The molecule has 2 aliphatic heterocycles. The Bertz CT molecular complexity index is 396. The molecule has 0 saturated carbocycles. The zero-order chi connectivity index (χ0) is 13.1. The number of ether oxygens (including phenoxy) is 1. The molecule has 0 amide bonds. The summed E-state index contributed by atoms with van der Waals surface area (Å²) in [5.74, 6) is 1.50. The van der Waals surface area contributed by atoms with Crippen molar-refractivity contribution >= 4 is 5.82 Å². The van der Waals surface area contributed by atoms with E-state index in [4.69, 9.17) is 4.74 Å². The van der Waals surface area contributed by atoms with Crippen LogP contribution in [0.4, 0.5) is 5.82 Å². The first-order chi connectivity index (χ1) is 9.34. The van der Waals surface area contributed by atoms with Gasteiger partial charge in [0.2, 0.25) is 0 Å². The Morgan fingerprint density at radius 2 is 2.05 bits per heavy atom. The molecule has 3 rings (SSSR count). The summed E-state index contributed by atoms with van der Waals surface area (Å²) in [7, 11) is 2.11. The van der Waals surface area contributed by atoms with E-state index in [0.29, 0.717) is 12.0 Å². The van der Waals surface area contributed by atoms with Gasteiger partial charge in [-0.1, -0.05) is 0 Å². The Labute approximate surface area is 114 Å².